The number of unbranched alkanes of at least 4 members (excludes halogenated alkanes) is 7. The second kappa shape index (κ2) is 11.6. The van der Waals surface area contributed by atoms with E-state index < -0.39 is 0 Å². The van der Waals surface area contributed by atoms with Gasteiger partial charge in [-0.15, -0.1) is 0 Å². The van der Waals surface area contributed by atoms with Crippen molar-refractivity contribution in [1.29, 1.82) is 0 Å². The normalized spacial score (nSPS) is 12.2. The van der Waals surface area contributed by atoms with Crippen LogP contribution >= 0.6 is 0 Å². The van der Waals surface area contributed by atoms with E-state index in [9.17, 15) is 4.79 Å². The Morgan fingerprint density at radius 3 is 2.30 bits per heavy atom. The van der Waals surface area contributed by atoms with Crippen molar-refractivity contribution >= 4 is 6.29 Å². The molecule has 0 aromatic carbocycles. The van der Waals surface area contributed by atoms with Crippen molar-refractivity contribution in [2.45, 2.75) is 71.1 Å². The number of aromatic nitrogens is 1. The molecule has 20 heavy (non-hydrogen) atoms. The minimum atomic E-state index is 0.252. The van der Waals surface area contributed by atoms with Gasteiger partial charge in [0.1, 0.15) is 6.29 Å². The predicted octanol–water partition coefficient (Wildman–Crippen LogP) is 4.97. The molecular weight excluding hydrogens is 246 g/mol. The lowest BCUT2D eigenvalue weighted by Crippen LogP contribution is -1.94. The van der Waals surface area contributed by atoms with Crippen LogP contribution in [-0.4, -0.2) is 11.3 Å². The maximum Gasteiger partial charge on any atom is 0.122 e. The van der Waals surface area contributed by atoms with E-state index in [2.05, 4.69) is 11.1 Å². The van der Waals surface area contributed by atoms with Crippen molar-refractivity contribution in [3.63, 3.8) is 0 Å². The molecule has 0 fully saturated rings. The molecule has 0 saturated heterocycles. The summed E-state index contributed by atoms with van der Waals surface area (Å²) >= 11 is 0. The number of nitrogens with zero attached hydrogens (tertiary/aromatic N) is 1. The van der Waals surface area contributed by atoms with Crippen LogP contribution in [0.15, 0.2) is 24.5 Å². The quantitative estimate of drug-likeness (QED) is 0.398. The van der Waals surface area contributed by atoms with Crippen molar-refractivity contribution in [3.05, 3.63) is 30.1 Å². The molecule has 0 bridgehead atoms. The first-order valence-electron chi connectivity index (χ1n) is 8.17. The van der Waals surface area contributed by atoms with Crippen molar-refractivity contribution < 1.29 is 4.79 Å². The Bertz CT molecular complexity index is 337. The summed E-state index contributed by atoms with van der Waals surface area (Å²) in [4.78, 5) is 14.6. The lowest BCUT2D eigenvalue weighted by molar-refractivity contribution is -0.110. The number of hydrogen-bond donors (Lipinski definition) is 0. The standard InChI is InChI=1S/C18H29NO/c1-17(16-20)11-8-6-4-2-3-5-7-9-12-18-13-10-14-19-15-18/h10,13-17H,2-9,11-12H2,1H3/t17-/m0/s1. The van der Waals surface area contributed by atoms with Gasteiger partial charge in [0.2, 0.25) is 0 Å². The van der Waals surface area contributed by atoms with Crippen molar-refractivity contribution in [2.75, 3.05) is 0 Å². The number of aldehydes is 1. The van der Waals surface area contributed by atoms with E-state index >= 15 is 0 Å². The average Bonchev–Trinajstić information content (AvgIpc) is 2.50. The van der Waals surface area contributed by atoms with E-state index in [4.69, 9.17) is 0 Å². The zero-order chi connectivity index (χ0) is 14.5. The highest BCUT2D eigenvalue weighted by atomic mass is 16.1. The monoisotopic (exact) mass is 275 g/mol. The third-order valence-electron chi connectivity index (χ3n) is 3.83. The van der Waals surface area contributed by atoms with E-state index in [1.54, 1.807) is 0 Å². The minimum Gasteiger partial charge on any atom is -0.303 e. The largest absolute Gasteiger partial charge is 0.303 e. The third-order valence-corrected chi connectivity index (χ3v) is 3.83. The Morgan fingerprint density at radius 1 is 1.05 bits per heavy atom. The van der Waals surface area contributed by atoms with Gasteiger partial charge in [0.25, 0.3) is 0 Å². The highest BCUT2D eigenvalue weighted by Crippen LogP contribution is 2.13. The van der Waals surface area contributed by atoms with Crippen molar-refractivity contribution in [3.8, 4) is 0 Å². The van der Waals surface area contributed by atoms with Crippen LogP contribution in [0.4, 0.5) is 0 Å². The first-order chi connectivity index (χ1) is 9.83. The summed E-state index contributed by atoms with van der Waals surface area (Å²) in [7, 11) is 0. The van der Waals surface area contributed by atoms with Gasteiger partial charge in [-0.2, -0.15) is 0 Å². The number of carbonyl (C=O) groups excluding carboxylic acids is 1. The second-order valence-electron chi connectivity index (χ2n) is 5.84. The fraction of sp³-hybridized carbons (Fsp3) is 0.667. The molecule has 0 aliphatic heterocycles. The molecule has 0 saturated carbocycles. The molecule has 0 radical (unpaired) electrons. The Balaban J connectivity index is 1.82. The number of pyridine rings is 1. The molecule has 0 amide bonds. The van der Waals surface area contributed by atoms with Crippen LogP contribution < -0.4 is 0 Å². The predicted molar refractivity (Wildman–Crippen MR) is 84.7 cm³/mol. The topological polar surface area (TPSA) is 30.0 Å². The molecule has 1 aromatic rings. The van der Waals surface area contributed by atoms with Gasteiger partial charge < -0.3 is 4.79 Å². The Kier molecular flexibility index (Phi) is 9.81. The number of hydrogen-bond acceptors (Lipinski definition) is 2. The maximum atomic E-state index is 10.5. The first-order valence-corrected chi connectivity index (χ1v) is 8.17. The lowest BCUT2D eigenvalue weighted by Gasteiger charge is -2.04. The van der Waals surface area contributed by atoms with Crippen LogP contribution in [0.2, 0.25) is 0 Å². The molecule has 0 aliphatic rings. The Morgan fingerprint density at radius 2 is 1.70 bits per heavy atom. The molecule has 2 heteroatoms. The molecule has 0 spiro atoms. The van der Waals surface area contributed by atoms with Crippen LogP contribution in [0.1, 0.15) is 70.3 Å². The zero-order valence-electron chi connectivity index (χ0n) is 12.9. The highest BCUT2D eigenvalue weighted by Gasteiger charge is 1.99. The summed E-state index contributed by atoms with van der Waals surface area (Å²) in [5.74, 6) is 0.252. The zero-order valence-corrected chi connectivity index (χ0v) is 12.9. The summed E-state index contributed by atoms with van der Waals surface area (Å²) in [6.45, 7) is 2.01. The maximum absolute atomic E-state index is 10.5. The number of rotatable bonds is 12. The molecule has 0 unspecified atom stereocenters. The van der Waals surface area contributed by atoms with E-state index in [0.29, 0.717) is 0 Å². The van der Waals surface area contributed by atoms with E-state index in [0.717, 1.165) is 19.1 Å². The van der Waals surface area contributed by atoms with Crippen LogP contribution in [0, 0.1) is 5.92 Å². The van der Waals surface area contributed by atoms with Gasteiger partial charge in [-0.25, -0.2) is 0 Å². The molecule has 1 heterocycles. The molecule has 1 atom stereocenters. The second-order valence-corrected chi connectivity index (χ2v) is 5.84. The molecule has 2 nitrogen and oxygen atoms in total. The smallest absolute Gasteiger partial charge is 0.122 e. The summed E-state index contributed by atoms with van der Waals surface area (Å²) < 4.78 is 0. The fourth-order valence-electron chi connectivity index (χ4n) is 2.47. The molecule has 1 rings (SSSR count). The SMILES string of the molecule is C[C@H](C=O)CCCCCCCCCCc1cccnc1. The summed E-state index contributed by atoms with van der Waals surface area (Å²) in [6, 6.07) is 4.17. The van der Waals surface area contributed by atoms with Crippen molar-refractivity contribution in [2.24, 2.45) is 5.92 Å². The summed E-state index contributed by atoms with van der Waals surface area (Å²) in [5, 5.41) is 0. The molecule has 1 aromatic heterocycles. The number of aryl methyl sites for hydroxylation is 1. The van der Waals surface area contributed by atoms with Gasteiger partial charge >= 0.3 is 0 Å². The van der Waals surface area contributed by atoms with Crippen molar-refractivity contribution in [1.82, 2.24) is 4.98 Å². The fourth-order valence-corrected chi connectivity index (χ4v) is 2.47. The van der Waals surface area contributed by atoms with Crippen LogP contribution in [0.3, 0.4) is 0 Å². The van der Waals surface area contributed by atoms with Gasteiger partial charge in [-0.3, -0.25) is 4.98 Å². The average molecular weight is 275 g/mol. The third kappa shape index (κ3) is 8.84. The van der Waals surface area contributed by atoms with E-state index in [1.165, 1.54) is 56.9 Å². The molecule has 0 N–H and O–H groups in total. The van der Waals surface area contributed by atoms with Gasteiger partial charge in [-0.05, 0) is 30.9 Å². The summed E-state index contributed by atoms with van der Waals surface area (Å²) in [6.07, 6.45) is 17.6. The molecule has 112 valence electrons. The minimum absolute atomic E-state index is 0.252. The molecule has 0 aliphatic carbocycles. The Labute approximate surface area is 124 Å². The summed E-state index contributed by atoms with van der Waals surface area (Å²) in [5.41, 5.74) is 1.36. The van der Waals surface area contributed by atoms with Gasteiger partial charge in [-0.1, -0.05) is 57.9 Å². The van der Waals surface area contributed by atoms with Gasteiger partial charge in [0.15, 0.2) is 0 Å². The van der Waals surface area contributed by atoms with E-state index in [1.807, 2.05) is 25.4 Å². The number of carbonyl (C=O) groups is 1. The first kappa shape index (κ1) is 16.9. The Hall–Kier alpha value is -1.18. The van der Waals surface area contributed by atoms with Crippen LogP contribution in [0.5, 0.6) is 0 Å². The molecular formula is C18H29NO. The van der Waals surface area contributed by atoms with Gasteiger partial charge in [0, 0.05) is 18.3 Å². The van der Waals surface area contributed by atoms with E-state index in [-0.39, 0.29) is 5.92 Å². The van der Waals surface area contributed by atoms with Crippen LogP contribution in [0.25, 0.3) is 0 Å². The highest BCUT2D eigenvalue weighted by molar-refractivity contribution is 5.52. The van der Waals surface area contributed by atoms with Crippen LogP contribution in [-0.2, 0) is 11.2 Å². The lowest BCUT2D eigenvalue weighted by atomic mass is 10.0. The van der Waals surface area contributed by atoms with Gasteiger partial charge in [0.05, 0.1) is 0 Å².